The molecule has 1 aliphatic heterocycles. The fourth-order valence-corrected chi connectivity index (χ4v) is 0.302. The maximum Gasteiger partial charge on any atom is 0.156 e. The SMILES string of the molecule is ON1C=CN=NC1. The zero-order chi connectivity index (χ0) is 5.11. The number of hydrogen-bond acceptors (Lipinski definition) is 4. The molecule has 0 saturated carbocycles. The van der Waals surface area contributed by atoms with Gasteiger partial charge in [0.25, 0.3) is 0 Å². The minimum Gasteiger partial charge on any atom is -0.287 e. The molecule has 0 unspecified atom stereocenters. The molecule has 0 aromatic carbocycles. The third-order valence-corrected chi connectivity index (χ3v) is 0.595. The summed E-state index contributed by atoms with van der Waals surface area (Å²) >= 11 is 0. The summed E-state index contributed by atoms with van der Waals surface area (Å²) in [6.45, 7) is 0.247. The molecule has 0 atom stereocenters. The van der Waals surface area contributed by atoms with Crippen LogP contribution in [0.4, 0.5) is 0 Å². The van der Waals surface area contributed by atoms with Crippen LogP contribution in [0.25, 0.3) is 0 Å². The Bertz CT molecular complexity index is 109. The molecule has 1 heterocycles. The van der Waals surface area contributed by atoms with E-state index >= 15 is 0 Å². The highest BCUT2D eigenvalue weighted by Gasteiger charge is 1.90. The van der Waals surface area contributed by atoms with Crippen LogP contribution >= 0.6 is 0 Å². The summed E-state index contributed by atoms with van der Waals surface area (Å²) in [5.74, 6) is 0. The van der Waals surface area contributed by atoms with Crippen LogP contribution in [0.1, 0.15) is 0 Å². The molecule has 4 nitrogen and oxygen atoms in total. The molecule has 1 rings (SSSR count). The van der Waals surface area contributed by atoms with Gasteiger partial charge in [-0.2, -0.15) is 10.2 Å². The van der Waals surface area contributed by atoms with E-state index in [-0.39, 0.29) is 6.67 Å². The fourth-order valence-electron chi connectivity index (χ4n) is 0.302. The summed E-state index contributed by atoms with van der Waals surface area (Å²) in [7, 11) is 0. The first-order chi connectivity index (χ1) is 3.39. The lowest BCUT2D eigenvalue weighted by atomic mass is 10.8. The van der Waals surface area contributed by atoms with Crippen molar-refractivity contribution in [3.63, 3.8) is 0 Å². The van der Waals surface area contributed by atoms with Gasteiger partial charge in [-0.1, -0.05) is 0 Å². The smallest absolute Gasteiger partial charge is 0.156 e. The normalized spacial score (nSPS) is 18.1. The van der Waals surface area contributed by atoms with Gasteiger partial charge in [0, 0.05) is 6.20 Å². The van der Waals surface area contributed by atoms with Crippen LogP contribution in [-0.4, -0.2) is 16.9 Å². The van der Waals surface area contributed by atoms with E-state index in [0.29, 0.717) is 0 Å². The van der Waals surface area contributed by atoms with E-state index in [0.717, 1.165) is 5.06 Å². The summed E-state index contributed by atoms with van der Waals surface area (Å²) in [5.41, 5.74) is 0. The molecule has 0 aromatic heterocycles. The first-order valence-electron chi connectivity index (χ1n) is 1.88. The molecule has 0 bridgehead atoms. The second-order valence-corrected chi connectivity index (χ2v) is 1.14. The minimum atomic E-state index is 0.247. The average Bonchev–Trinajstić information content (AvgIpc) is 1.69. The molecule has 0 aliphatic carbocycles. The summed E-state index contributed by atoms with van der Waals surface area (Å²) in [6.07, 6.45) is 2.86. The Morgan fingerprint density at radius 3 is 2.86 bits per heavy atom. The molecule has 4 heteroatoms. The zero-order valence-corrected chi connectivity index (χ0v) is 3.65. The Balaban J connectivity index is 2.49. The largest absolute Gasteiger partial charge is 0.287 e. The quantitative estimate of drug-likeness (QED) is 0.482. The number of hydrogen-bond donors (Lipinski definition) is 1. The van der Waals surface area contributed by atoms with Crippen LogP contribution in [0.15, 0.2) is 22.6 Å². The van der Waals surface area contributed by atoms with Crippen LogP contribution in [0.3, 0.4) is 0 Å². The Labute approximate surface area is 40.7 Å². The second kappa shape index (κ2) is 1.70. The van der Waals surface area contributed by atoms with Crippen molar-refractivity contribution in [2.45, 2.75) is 0 Å². The fraction of sp³-hybridized carbons (Fsp3) is 0.333. The minimum absolute atomic E-state index is 0.247. The van der Waals surface area contributed by atoms with Gasteiger partial charge in [0.1, 0.15) is 0 Å². The van der Waals surface area contributed by atoms with Crippen molar-refractivity contribution in [2.75, 3.05) is 6.67 Å². The molecule has 0 saturated heterocycles. The van der Waals surface area contributed by atoms with Crippen molar-refractivity contribution in [2.24, 2.45) is 10.2 Å². The predicted molar refractivity (Wildman–Crippen MR) is 22.5 cm³/mol. The summed E-state index contributed by atoms with van der Waals surface area (Å²) < 4.78 is 0. The standard InChI is InChI=1S/C3H5N3O/c7-6-2-1-4-5-3-6/h1-2,7H,3H2. The second-order valence-electron chi connectivity index (χ2n) is 1.14. The van der Waals surface area contributed by atoms with Crippen molar-refractivity contribution < 1.29 is 5.21 Å². The number of azo groups is 1. The van der Waals surface area contributed by atoms with Crippen LogP contribution in [0.5, 0.6) is 0 Å². The van der Waals surface area contributed by atoms with Crippen molar-refractivity contribution >= 4 is 0 Å². The lowest BCUT2D eigenvalue weighted by Gasteiger charge is -2.07. The van der Waals surface area contributed by atoms with Gasteiger partial charge >= 0.3 is 0 Å². The third kappa shape index (κ3) is 0.972. The van der Waals surface area contributed by atoms with Gasteiger partial charge in [-0.3, -0.25) is 5.21 Å². The van der Waals surface area contributed by atoms with E-state index in [1.807, 2.05) is 0 Å². The van der Waals surface area contributed by atoms with E-state index in [4.69, 9.17) is 5.21 Å². The van der Waals surface area contributed by atoms with Gasteiger partial charge in [0.2, 0.25) is 0 Å². The molecule has 0 radical (unpaired) electrons. The molecule has 38 valence electrons. The zero-order valence-electron chi connectivity index (χ0n) is 3.65. The van der Waals surface area contributed by atoms with Crippen molar-refractivity contribution in [1.29, 1.82) is 0 Å². The lowest BCUT2D eigenvalue weighted by molar-refractivity contribution is -0.0419. The van der Waals surface area contributed by atoms with E-state index < -0.39 is 0 Å². The van der Waals surface area contributed by atoms with E-state index in [1.54, 1.807) is 0 Å². The van der Waals surface area contributed by atoms with Crippen molar-refractivity contribution in [3.8, 4) is 0 Å². The first-order valence-corrected chi connectivity index (χ1v) is 1.88. The number of rotatable bonds is 0. The van der Waals surface area contributed by atoms with Gasteiger partial charge < -0.3 is 0 Å². The van der Waals surface area contributed by atoms with Gasteiger partial charge in [0.05, 0.1) is 6.20 Å². The Kier molecular flexibility index (Phi) is 1.04. The molecule has 0 aromatic rings. The maximum atomic E-state index is 8.50. The Hall–Kier alpha value is -0.900. The van der Waals surface area contributed by atoms with Gasteiger partial charge in [-0.25, -0.2) is 5.06 Å². The molecule has 1 aliphatic rings. The highest BCUT2D eigenvalue weighted by atomic mass is 16.5. The summed E-state index contributed by atoms with van der Waals surface area (Å²) in [5, 5.41) is 16.4. The first kappa shape index (κ1) is 4.26. The molecule has 1 N–H and O–H groups in total. The third-order valence-electron chi connectivity index (χ3n) is 0.595. The molecule has 0 fully saturated rings. The topological polar surface area (TPSA) is 48.2 Å². The van der Waals surface area contributed by atoms with E-state index in [9.17, 15) is 0 Å². The maximum absolute atomic E-state index is 8.50. The van der Waals surface area contributed by atoms with E-state index in [2.05, 4.69) is 10.2 Å². The van der Waals surface area contributed by atoms with Gasteiger partial charge in [0.15, 0.2) is 6.67 Å². The Morgan fingerprint density at radius 1 is 1.71 bits per heavy atom. The lowest BCUT2D eigenvalue weighted by Crippen LogP contribution is -2.11. The summed E-state index contributed by atoms with van der Waals surface area (Å²) in [6, 6.07) is 0. The molecule has 7 heavy (non-hydrogen) atoms. The Morgan fingerprint density at radius 2 is 2.57 bits per heavy atom. The predicted octanol–water partition coefficient (Wildman–Crippen LogP) is 0.572. The number of hydroxylamine groups is 2. The molecule has 0 spiro atoms. The van der Waals surface area contributed by atoms with Gasteiger partial charge in [-0.05, 0) is 0 Å². The summed E-state index contributed by atoms with van der Waals surface area (Å²) in [4.78, 5) is 0. The van der Waals surface area contributed by atoms with Crippen LogP contribution in [0, 0.1) is 0 Å². The van der Waals surface area contributed by atoms with Gasteiger partial charge in [-0.15, -0.1) is 0 Å². The average molecular weight is 99.1 g/mol. The molecular formula is C3H5N3O. The highest BCUT2D eigenvalue weighted by Crippen LogP contribution is 1.92. The van der Waals surface area contributed by atoms with Crippen LogP contribution in [0.2, 0.25) is 0 Å². The monoisotopic (exact) mass is 99.0 g/mol. The van der Waals surface area contributed by atoms with Crippen molar-refractivity contribution in [1.82, 2.24) is 5.06 Å². The molecule has 0 amide bonds. The molecular weight excluding hydrogens is 94.1 g/mol. The number of nitrogens with zero attached hydrogens (tertiary/aromatic N) is 3. The van der Waals surface area contributed by atoms with Crippen LogP contribution in [-0.2, 0) is 0 Å². The van der Waals surface area contributed by atoms with Crippen molar-refractivity contribution in [3.05, 3.63) is 12.4 Å². The highest BCUT2D eigenvalue weighted by molar-refractivity contribution is 4.76. The van der Waals surface area contributed by atoms with E-state index in [1.165, 1.54) is 12.4 Å². The van der Waals surface area contributed by atoms with Crippen LogP contribution < -0.4 is 0 Å².